The maximum absolute atomic E-state index is 7.25. The lowest BCUT2D eigenvalue weighted by molar-refractivity contribution is 0.285. The van der Waals surface area contributed by atoms with Gasteiger partial charge in [-0.1, -0.05) is 93.6 Å². The minimum Gasteiger partial charge on any atom is -0.497 e. The Labute approximate surface area is 221 Å². The number of hydrogen-bond acceptors (Lipinski definition) is 4. The molecule has 0 fully saturated rings. The van der Waals surface area contributed by atoms with Gasteiger partial charge < -0.3 is 18.6 Å². The van der Waals surface area contributed by atoms with Gasteiger partial charge in [-0.05, 0) is 56.4 Å². The summed E-state index contributed by atoms with van der Waals surface area (Å²) < 4.78 is 24.0. The first-order chi connectivity index (χ1) is 17.8. The zero-order chi connectivity index (χ0) is 26.5. The molecule has 0 heterocycles. The van der Waals surface area contributed by atoms with Crippen LogP contribution in [0, 0.1) is 0 Å². The summed E-state index contributed by atoms with van der Waals surface area (Å²) in [6.07, 6.45) is 0. The zero-order valence-corrected chi connectivity index (χ0v) is 23.6. The highest BCUT2D eigenvalue weighted by atomic mass is 28.4. The van der Waals surface area contributed by atoms with Crippen molar-refractivity contribution >= 4 is 18.7 Å². The fraction of sp³-hybridized carbons (Fsp3) is 0.250. The highest BCUT2D eigenvalue weighted by Gasteiger charge is 2.50. The Morgan fingerprint density at radius 2 is 1.14 bits per heavy atom. The average molecular weight is 513 g/mol. The average Bonchev–Trinajstić information content (AvgIpc) is 2.93. The van der Waals surface area contributed by atoms with Gasteiger partial charge in [0.15, 0.2) is 11.5 Å². The molecule has 192 valence electrons. The molecule has 5 heteroatoms. The summed E-state index contributed by atoms with van der Waals surface area (Å²) in [7, 11) is 2.29. The van der Waals surface area contributed by atoms with Gasteiger partial charge in [0.1, 0.15) is 5.75 Å². The summed E-state index contributed by atoms with van der Waals surface area (Å²) in [5.41, 5.74) is 3.14. The van der Waals surface area contributed by atoms with E-state index in [4.69, 9.17) is 18.6 Å². The molecule has 0 amide bonds. The minimum absolute atomic E-state index is 0.119. The molecule has 0 aliphatic carbocycles. The highest BCUT2D eigenvalue weighted by molar-refractivity contribution is 6.99. The van der Waals surface area contributed by atoms with E-state index in [1.54, 1.807) is 21.3 Å². The van der Waals surface area contributed by atoms with E-state index in [1.165, 1.54) is 10.4 Å². The van der Waals surface area contributed by atoms with Crippen molar-refractivity contribution in [2.45, 2.75) is 32.4 Å². The molecule has 0 N–H and O–H groups in total. The maximum atomic E-state index is 7.25. The molecule has 0 atom stereocenters. The van der Waals surface area contributed by atoms with Gasteiger partial charge in [-0.3, -0.25) is 0 Å². The predicted molar refractivity (Wildman–Crippen MR) is 154 cm³/mol. The van der Waals surface area contributed by atoms with Gasteiger partial charge in [0.05, 0.1) is 27.9 Å². The van der Waals surface area contributed by atoms with E-state index in [2.05, 4.69) is 93.6 Å². The number of rotatable bonds is 9. The number of ether oxygens (including phenoxy) is 3. The smallest absolute Gasteiger partial charge is 0.261 e. The van der Waals surface area contributed by atoms with Gasteiger partial charge >= 0.3 is 0 Å². The highest BCUT2D eigenvalue weighted by Crippen LogP contribution is 2.40. The van der Waals surface area contributed by atoms with Crippen LogP contribution in [-0.4, -0.2) is 29.6 Å². The van der Waals surface area contributed by atoms with Crippen LogP contribution in [0.25, 0.3) is 11.1 Å². The Morgan fingerprint density at radius 3 is 1.59 bits per heavy atom. The van der Waals surface area contributed by atoms with Crippen LogP contribution in [-0.2, 0) is 11.0 Å². The van der Waals surface area contributed by atoms with Crippen molar-refractivity contribution in [1.82, 2.24) is 0 Å². The lowest BCUT2D eigenvalue weighted by atomic mass is 9.99. The second kappa shape index (κ2) is 11.2. The van der Waals surface area contributed by atoms with Crippen molar-refractivity contribution in [3.8, 4) is 28.4 Å². The summed E-state index contributed by atoms with van der Waals surface area (Å²) in [4.78, 5) is 0. The van der Waals surface area contributed by atoms with Crippen molar-refractivity contribution < 1.29 is 18.6 Å². The van der Waals surface area contributed by atoms with Gasteiger partial charge in [-0.15, -0.1) is 0 Å². The SMILES string of the molecule is COc1ccc(-c2cc(OC)c(OC)cc2CO[Si](c2ccccc2)(c2ccccc2)C(C)(C)C)cc1. The summed E-state index contributed by atoms with van der Waals surface area (Å²) in [5.74, 6) is 2.18. The van der Waals surface area contributed by atoms with Gasteiger partial charge in [0.25, 0.3) is 8.32 Å². The molecule has 4 aromatic carbocycles. The monoisotopic (exact) mass is 512 g/mol. The number of hydrogen-bond donors (Lipinski definition) is 0. The van der Waals surface area contributed by atoms with Gasteiger partial charge in [-0.25, -0.2) is 0 Å². The Hall–Kier alpha value is -3.54. The molecule has 0 saturated heterocycles. The standard InChI is InChI=1S/C32H36O4Si/c1-32(2,3)37(27-13-9-7-10-14-27,28-15-11-8-12-16-28)36-23-25-21-30(34-5)31(35-6)22-29(25)24-17-19-26(33-4)20-18-24/h7-22H,23H2,1-6H3. The van der Waals surface area contributed by atoms with Crippen molar-refractivity contribution in [3.05, 3.63) is 103 Å². The molecule has 0 bridgehead atoms. The predicted octanol–water partition coefficient (Wildman–Crippen LogP) is 6.46. The van der Waals surface area contributed by atoms with Crippen molar-refractivity contribution in [2.75, 3.05) is 21.3 Å². The molecule has 37 heavy (non-hydrogen) atoms. The van der Waals surface area contributed by atoms with Gasteiger partial charge in [0, 0.05) is 0 Å². The Bertz CT molecular complexity index is 1260. The molecule has 0 radical (unpaired) electrons. The molecule has 0 aliphatic rings. The largest absolute Gasteiger partial charge is 0.497 e. The first-order valence-electron chi connectivity index (χ1n) is 12.5. The quantitative estimate of drug-likeness (QED) is 0.241. The lowest BCUT2D eigenvalue weighted by Crippen LogP contribution is -2.66. The van der Waals surface area contributed by atoms with Crippen LogP contribution >= 0.6 is 0 Å². The van der Waals surface area contributed by atoms with Gasteiger partial charge in [-0.2, -0.15) is 0 Å². The van der Waals surface area contributed by atoms with Crippen LogP contribution in [0.4, 0.5) is 0 Å². The Balaban J connectivity index is 1.87. The number of methoxy groups -OCH3 is 3. The van der Waals surface area contributed by atoms with Crippen LogP contribution in [0.2, 0.25) is 5.04 Å². The normalized spacial score (nSPS) is 11.7. The third-order valence-electron chi connectivity index (χ3n) is 6.87. The Morgan fingerprint density at radius 1 is 0.622 bits per heavy atom. The zero-order valence-electron chi connectivity index (χ0n) is 22.6. The molecule has 0 spiro atoms. The Kier molecular flexibility index (Phi) is 8.06. The molecular formula is C32H36O4Si. The molecular weight excluding hydrogens is 476 g/mol. The maximum Gasteiger partial charge on any atom is 0.261 e. The van der Waals surface area contributed by atoms with E-state index in [1.807, 2.05) is 24.3 Å². The van der Waals surface area contributed by atoms with E-state index in [0.29, 0.717) is 18.1 Å². The fourth-order valence-electron chi connectivity index (χ4n) is 5.03. The van der Waals surface area contributed by atoms with E-state index < -0.39 is 8.32 Å². The third kappa shape index (κ3) is 5.29. The summed E-state index contributed by atoms with van der Waals surface area (Å²) >= 11 is 0. The summed E-state index contributed by atoms with van der Waals surface area (Å²) in [6.45, 7) is 7.30. The summed E-state index contributed by atoms with van der Waals surface area (Å²) in [5, 5.41) is 2.38. The van der Waals surface area contributed by atoms with Crippen LogP contribution in [0.5, 0.6) is 17.2 Å². The lowest BCUT2D eigenvalue weighted by Gasteiger charge is -2.43. The summed E-state index contributed by atoms with van der Waals surface area (Å²) in [6, 6.07) is 33.5. The molecule has 4 rings (SSSR count). The van der Waals surface area contributed by atoms with E-state index in [9.17, 15) is 0 Å². The fourth-order valence-corrected chi connectivity index (χ4v) is 9.55. The molecule has 0 aromatic heterocycles. The first-order valence-corrected chi connectivity index (χ1v) is 14.4. The number of benzene rings is 4. The van der Waals surface area contributed by atoms with E-state index in [0.717, 1.165) is 22.4 Å². The van der Waals surface area contributed by atoms with Crippen LogP contribution in [0.15, 0.2) is 97.1 Å². The molecule has 0 aliphatic heterocycles. The molecule has 4 aromatic rings. The van der Waals surface area contributed by atoms with E-state index in [-0.39, 0.29) is 5.04 Å². The van der Waals surface area contributed by atoms with Crippen LogP contribution in [0.3, 0.4) is 0 Å². The van der Waals surface area contributed by atoms with Crippen molar-refractivity contribution in [3.63, 3.8) is 0 Å². The molecule has 0 unspecified atom stereocenters. The topological polar surface area (TPSA) is 36.9 Å². The van der Waals surface area contributed by atoms with E-state index >= 15 is 0 Å². The van der Waals surface area contributed by atoms with Crippen LogP contribution < -0.4 is 24.6 Å². The molecule has 4 nitrogen and oxygen atoms in total. The third-order valence-corrected chi connectivity index (χ3v) is 11.9. The van der Waals surface area contributed by atoms with Gasteiger partial charge in [0.2, 0.25) is 0 Å². The first kappa shape index (κ1) is 26.5. The minimum atomic E-state index is -2.71. The van der Waals surface area contributed by atoms with Crippen molar-refractivity contribution in [2.24, 2.45) is 0 Å². The second-order valence-corrected chi connectivity index (χ2v) is 14.4. The second-order valence-electron chi connectivity index (χ2n) is 10.0. The van der Waals surface area contributed by atoms with Crippen LogP contribution in [0.1, 0.15) is 26.3 Å². The molecule has 0 saturated carbocycles. The van der Waals surface area contributed by atoms with Crippen molar-refractivity contribution in [1.29, 1.82) is 0 Å².